The first kappa shape index (κ1) is 29.2. The molecule has 10 nitrogen and oxygen atoms in total. The molecule has 2 aliphatic carbocycles. The van der Waals surface area contributed by atoms with E-state index in [-0.39, 0.29) is 33.3 Å². The lowest BCUT2D eigenvalue weighted by Gasteiger charge is -2.39. The number of aromatic nitrogens is 4. The molecule has 39 heavy (non-hydrogen) atoms. The first-order valence-corrected chi connectivity index (χ1v) is 15.8. The molecule has 2 saturated carbocycles. The minimum atomic E-state index is -3.74. The molecule has 2 aliphatic rings. The average Bonchev–Trinajstić information content (AvgIpc) is 3.50. The van der Waals surface area contributed by atoms with Gasteiger partial charge in [0.2, 0.25) is 15.7 Å². The fraction of sp³-hybridized carbons (Fsp3) is 0.667. The van der Waals surface area contributed by atoms with E-state index in [4.69, 9.17) is 0 Å². The van der Waals surface area contributed by atoms with Gasteiger partial charge in [-0.25, -0.2) is 17.9 Å². The molecule has 0 aromatic carbocycles. The monoisotopic (exact) mass is 575 g/mol. The van der Waals surface area contributed by atoms with E-state index in [0.717, 1.165) is 41.7 Å². The molecule has 212 valence electrons. The number of thiophene rings is 1. The number of rotatable bonds is 6. The smallest absolute Gasteiger partial charge is 0.348 e. The molecule has 0 bridgehead atoms. The van der Waals surface area contributed by atoms with Gasteiger partial charge in [0.05, 0.1) is 15.8 Å². The van der Waals surface area contributed by atoms with Crippen LogP contribution in [0.4, 0.5) is 5.69 Å². The van der Waals surface area contributed by atoms with Crippen LogP contribution in [0.1, 0.15) is 93.6 Å². The molecule has 1 amide bonds. The standard InChI is InChI=1S/C27H37N5O5S2/c1-17-6-8-18(9-7-17)24(33)32(22-16-20(14-15-27(2,3)4)38-23(22)25(34)35)19-10-12-21(13-11-19)39(36,37)26-28-29-30-31(26)5/h16-19,21H,6-13H2,1-5H3,(H,34,35)/t17-,18-,19-,21-. The van der Waals surface area contributed by atoms with Crippen LogP contribution in [0.5, 0.6) is 0 Å². The molecule has 2 heterocycles. The Bertz CT molecular complexity index is 1380. The number of tetrazole rings is 1. The number of aryl methyl sites for hydroxylation is 1. The predicted molar refractivity (Wildman–Crippen MR) is 148 cm³/mol. The molecule has 2 aromatic heterocycles. The highest BCUT2D eigenvalue weighted by Gasteiger charge is 2.41. The van der Waals surface area contributed by atoms with E-state index in [2.05, 4.69) is 34.3 Å². The summed E-state index contributed by atoms with van der Waals surface area (Å²) in [5.41, 5.74) is 0.113. The number of sulfone groups is 1. The summed E-state index contributed by atoms with van der Waals surface area (Å²) in [6, 6.07) is 1.42. The number of aromatic carboxylic acids is 1. The van der Waals surface area contributed by atoms with E-state index in [1.54, 1.807) is 11.0 Å². The van der Waals surface area contributed by atoms with Crippen molar-refractivity contribution < 1.29 is 23.1 Å². The van der Waals surface area contributed by atoms with Crippen LogP contribution < -0.4 is 4.90 Å². The number of carboxylic acid groups (broad SMARTS) is 1. The predicted octanol–water partition coefficient (Wildman–Crippen LogP) is 4.31. The summed E-state index contributed by atoms with van der Waals surface area (Å²) >= 11 is 1.08. The number of amides is 1. The zero-order chi connectivity index (χ0) is 28.5. The molecule has 12 heteroatoms. The quantitative estimate of drug-likeness (QED) is 0.504. The van der Waals surface area contributed by atoms with Crippen molar-refractivity contribution in [3.05, 3.63) is 15.8 Å². The highest BCUT2D eigenvalue weighted by atomic mass is 32.2. The van der Waals surface area contributed by atoms with Gasteiger partial charge in [-0.15, -0.1) is 11.3 Å². The Kier molecular flexibility index (Phi) is 8.52. The third-order valence-electron chi connectivity index (χ3n) is 7.61. The van der Waals surface area contributed by atoms with E-state index in [0.29, 0.717) is 42.2 Å². The van der Waals surface area contributed by atoms with Crippen LogP contribution in [-0.2, 0) is 21.7 Å². The zero-order valence-corrected chi connectivity index (χ0v) is 24.8. The van der Waals surface area contributed by atoms with E-state index < -0.39 is 21.1 Å². The Morgan fingerprint density at radius 2 is 1.74 bits per heavy atom. The van der Waals surface area contributed by atoms with Crippen molar-refractivity contribution in [2.45, 2.75) is 95.5 Å². The van der Waals surface area contributed by atoms with Gasteiger partial charge in [-0.2, -0.15) is 0 Å². The summed E-state index contributed by atoms with van der Waals surface area (Å²) in [5.74, 6) is 5.47. The minimum absolute atomic E-state index is 0.0682. The fourth-order valence-corrected chi connectivity index (χ4v) is 8.04. The van der Waals surface area contributed by atoms with Crippen LogP contribution in [0.25, 0.3) is 0 Å². The van der Waals surface area contributed by atoms with Gasteiger partial charge in [-0.05, 0) is 94.5 Å². The van der Waals surface area contributed by atoms with Crippen LogP contribution in [-0.4, -0.2) is 56.9 Å². The molecular weight excluding hydrogens is 538 g/mol. The van der Waals surface area contributed by atoms with Crippen LogP contribution in [0, 0.1) is 29.1 Å². The summed E-state index contributed by atoms with van der Waals surface area (Å²) in [6.45, 7) is 8.14. The number of hydrogen-bond acceptors (Lipinski definition) is 8. The second-order valence-electron chi connectivity index (χ2n) is 11.9. The molecule has 4 rings (SSSR count). The van der Waals surface area contributed by atoms with Crippen LogP contribution in [0.2, 0.25) is 0 Å². The SMILES string of the molecule is Cn1nnnc1S(=O)(=O)[C@H]1CC[C@H](N(c2cc(C#CC(C)(C)C)sc2C(=O)O)C(=O)[C@H]2CC[C@H](C)CC2)CC1. The van der Waals surface area contributed by atoms with Crippen molar-refractivity contribution in [1.82, 2.24) is 20.2 Å². The summed E-state index contributed by atoms with van der Waals surface area (Å²) in [6.07, 6.45) is 4.97. The van der Waals surface area contributed by atoms with Gasteiger partial charge in [0.1, 0.15) is 4.88 Å². The van der Waals surface area contributed by atoms with Crippen molar-refractivity contribution in [3.8, 4) is 11.8 Å². The van der Waals surface area contributed by atoms with Crippen LogP contribution in [0.15, 0.2) is 11.2 Å². The van der Waals surface area contributed by atoms with Gasteiger partial charge in [-0.3, -0.25) is 4.79 Å². The molecule has 1 N–H and O–H groups in total. The van der Waals surface area contributed by atoms with E-state index in [9.17, 15) is 23.1 Å². The lowest BCUT2D eigenvalue weighted by atomic mass is 9.81. The van der Waals surface area contributed by atoms with E-state index >= 15 is 0 Å². The normalized spacial score (nSPS) is 24.0. The lowest BCUT2D eigenvalue weighted by Crippen LogP contribution is -2.47. The Morgan fingerprint density at radius 1 is 1.10 bits per heavy atom. The number of nitrogens with zero attached hydrogens (tertiary/aromatic N) is 5. The van der Waals surface area contributed by atoms with Crippen LogP contribution in [0.3, 0.4) is 0 Å². The number of carbonyl (C=O) groups is 2. The molecule has 2 aromatic rings. The number of carbonyl (C=O) groups excluding carboxylic acids is 1. The maximum Gasteiger partial charge on any atom is 0.348 e. The molecule has 0 saturated heterocycles. The average molecular weight is 576 g/mol. The summed E-state index contributed by atoms with van der Waals surface area (Å²) in [4.78, 5) is 28.8. The zero-order valence-electron chi connectivity index (χ0n) is 23.2. The molecule has 0 unspecified atom stereocenters. The first-order valence-electron chi connectivity index (χ1n) is 13.5. The largest absolute Gasteiger partial charge is 0.477 e. The van der Waals surface area contributed by atoms with Crippen molar-refractivity contribution in [1.29, 1.82) is 0 Å². The number of anilines is 1. The minimum Gasteiger partial charge on any atom is -0.477 e. The fourth-order valence-electron chi connectivity index (χ4n) is 5.45. The van der Waals surface area contributed by atoms with Crippen molar-refractivity contribution >= 4 is 38.7 Å². The van der Waals surface area contributed by atoms with Gasteiger partial charge >= 0.3 is 5.97 Å². The molecule has 0 spiro atoms. The summed E-state index contributed by atoms with van der Waals surface area (Å²) in [7, 11) is -2.24. The third kappa shape index (κ3) is 6.52. The molecular formula is C27H37N5O5S2. The van der Waals surface area contributed by atoms with Crippen molar-refractivity contribution in [3.63, 3.8) is 0 Å². The first-order chi connectivity index (χ1) is 18.3. The molecule has 0 atom stereocenters. The number of carboxylic acids is 1. The Morgan fingerprint density at radius 3 is 2.28 bits per heavy atom. The third-order valence-corrected chi connectivity index (χ3v) is 10.8. The van der Waals surface area contributed by atoms with Gasteiger partial charge in [0.25, 0.3) is 5.16 Å². The van der Waals surface area contributed by atoms with E-state index in [1.165, 1.54) is 7.05 Å². The highest BCUT2D eigenvalue weighted by molar-refractivity contribution is 7.91. The van der Waals surface area contributed by atoms with Gasteiger partial charge in [0.15, 0.2) is 0 Å². The Hall–Kier alpha value is -2.78. The second kappa shape index (κ2) is 11.4. The maximum absolute atomic E-state index is 14.1. The second-order valence-corrected chi connectivity index (χ2v) is 15.0. The molecule has 0 radical (unpaired) electrons. The Labute approximate surface area is 234 Å². The lowest BCUT2D eigenvalue weighted by molar-refractivity contribution is -0.124. The maximum atomic E-state index is 14.1. The van der Waals surface area contributed by atoms with E-state index in [1.807, 2.05) is 20.8 Å². The topological polar surface area (TPSA) is 135 Å². The number of hydrogen-bond donors (Lipinski definition) is 1. The molecule has 2 fully saturated rings. The Balaban J connectivity index is 1.67. The van der Waals surface area contributed by atoms with Gasteiger partial charge in [-0.1, -0.05) is 23.9 Å². The molecule has 0 aliphatic heterocycles. The van der Waals surface area contributed by atoms with Gasteiger partial charge < -0.3 is 10.0 Å². The van der Waals surface area contributed by atoms with Crippen molar-refractivity contribution in [2.75, 3.05) is 4.90 Å². The summed E-state index contributed by atoms with van der Waals surface area (Å²) < 4.78 is 27.5. The summed E-state index contributed by atoms with van der Waals surface area (Å²) in [5, 5.41) is 20.1. The van der Waals surface area contributed by atoms with Crippen LogP contribution >= 0.6 is 11.3 Å². The van der Waals surface area contributed by atoms with Gasteiger partial charge in [0, 0.05) is 24.4 Å². The van der Waals surface area contributed by atoms with Crippen molar-refractivity contribution in [2.24, 2.45) is 24.3 Å². The highest BCUT2D eigenvalue weighted by Crippen LogP contribution is 2.40.